The number of thioether (sulfide) groups is 1. The molecular weight excluding hydrogens is 331 g/mol. The molecule has 0 bridgehead atoms. The lowest BCUT2D eigenvalue weighted by Crippen LogP contribution is -2.15. The van der Waals surface area contributed by atoms with Crippen LogP contribution in [0.15, 0.2) is 42.5 Å². The first-order valence-corrected chi connectivity index (χ1v) is 8.33. The highest BCUT2D eigenvalue weighted by atomic mass is 32.2. The van der Waals surface area contributed by atoms with Crippen LogP contribution in [0.4, 0.5) is 15.8 Å². The van der Waals surface area contributed by atoms with Crippen LogP contribution in [0.1, 0.15) is 23.3 Å². The van der Waals surface area contributed by atoms with E-state index in [2.05, 4.69) is 5.32 Å². The van der Waals surface area contributed by atoms with Crippen LogP contribution in [-0.4, -0.2) is 16.6 Å². The largest absolute Gasteiger partial charge is 0.325 e. The number of nitrogens with zero attached hydrogens (tertiary/aromatic N) is 1. The summed E-state index contributed by atoms with van der Waals surface area (Å²) in [5.41, 5.74) is 1.73. The fourth-order valence-corrected chi connectivity index (χ4v) is 2.87. The summed E-state index contributed by atoms with van der Waals surface area (Å²) in [7, 11) is 0. The number of non-ortho nitro benzene ring substituents is 1. The highest BCUT2D eigenvalue weighted by Gasteiger charge is 2.13. The molecule has 2 rings (SSSR count). The van der Waals surface area contributed by atoms with Crippen molar-refractivity contribution in [2.45, 2.75) is 19.1 Å². The van der Waals surface area contributed by atoms with E-state index in [1.807, 2.05) is 6.92 Å². The van der Waals surface area contributed by atoms with Crippen molar-refractivity contribution in [1.29, 1.82) is 0 Å². The molecule has 7 heteroatoms. The van der Waals surface area contributed by atoms with Crippen molar-refractivity contribution in [1.82, 2.24) is 0 Å². The van der Waals surface area contributed by atoms with Gasteiger partial charge < -0.3 is 5.32 Å². The second-order valence-corrected chi connectivity index (χ2v) is 6.65. The number of nitro benzene ring substituents is 1. The van der Waals surface area contributed by atoms with Gasteiger partial charge in [-0.2, -0.15) is 0 Å². The van der Waals surface area contributed by atoms with Gasteiger partial charge in [0.1, 0.15) is 5.82 Å². The summed E-state index contributed by atoms with van der Waals surface area (Å²) in [5.74, 6) is -0.453. The Morgan fingerprint density at radius 1 is 1.33 bits per heavy atom. The Kier molecular flexibility index (Phi) is 5.92. The van der Waals surface area contributed by atoms with Crippen LogP contribution in [0.3, 0.4) is 0 Å². The van der Waals surface area contributed by atoms with E-state index in [0.29, 0.717) is 11.3 Å². The van der Waals surface area contributed by atoms with Crippen LogP contribution >= 0.6 is 11.8 Å². The lowest BCUT2D eigenvalue weighted by molar-refractivity contribution is -0.384. The van der Waals surface area contributed by atoms with Crippen molar-refractivity contribution < 1.29 is 14.1 Å². The maximum atomic E-state index is 13.5. The molecule has 2 aromatic rings. The number of halogens is 1. The maximum Gasteiger partial charge on any atom is 0.269 e. The van der Waals surface area contributed by atoms with Crippen molar-refractivity contribution in [2.75, 3.05) is 11.1 Å². The number of nitro groups is 1. The summed E-state index contributed by atoms with van der Waals surface area (Å²) in [6, 6.07) is 10.9. The van der Waals surface area contributed by atoms with Crippen molar-refractivity contribution in [2.24, 2.45) is 0 Å². The number of benzene rings is 2. The van der Waals surface area contributed by atoms with E-state index in [9.17, 15) is 19.3 Å². The molecule has 1 atom stereocenters. The molecule has 0 fully saturated rings. The molecule has 0 radical (unpaired) electrons. The van der Waals surface area contributed by atoms with Crippen LogP contribution in [0.5, 0.6) is 0 Å². The molecule has 0 saturated heterocycles. The smallest absolute Gasteiger partial charge is 0.269 e. The average Bonchev–Trinajstić information content (AvgIpc) is 2.56. The molecule has 0 unspecified atom stereocenters. The van der Waals surface area contributed by atoms with Gasteiger partial charge in [-0.1, -0.05) is 18.2 Å². The summed E-state index contributed by atoms with van der Waals surface area (Å²) in [4.78, 5) is 22.3. The third kappa shape index (κ3) is 4.79. The number of aryl methyl sites for hydroxylation is 1. The van der Waals surface area contributed by atoms with Crippen molar-refractivity contribution >= 4 is 29.0 Å². The molecule has 126 valence electrons. The Labute approximate surface area is 143 Å². The minimum absolute atomic E-state index is 0.0273. The van der Waals surface area contributed by atoms with Crippen molar-refractivity contribution in [3.63, 3.8) is 0 Å². The molecule has 24 heavy (non-hydrogen) atoms. The minimum atomic E-state index is -0.445. The Bertz CT molecular complexity index is 767. The lowest BCUT2D eigenvalue weighted by Gasteiger charge is -2.12. The highest BCUT2D eigenvalue weighted by molar-refractivity contribution is 8.00. The number of hydrogen-bond acceptors (Lipinski definition) is 4. The maximum absolute atomic E-state index is 13.5. The van der Waals surface area contributed by atoms with Gasteiger partial charge in [0.05, 0.1) is 10.7 Å². The van der Waals surface area contributed by atoms with Crippen molar-refractivity contribution in [3.8, 4) is 0 Å². The number of amides is 1. The zero-order valence-electron chi connectivity index (χ0n) is 13.3. The molecule has 0 aliphatic heterocycles. The van der Waals surface area contributed by atoms with Crippen LogP contribution in [-0.2, 0) is 4.79 Å². The second kappa shape index (κ2) is 7.92. The summed E-state index contributed by atoms with van der Waals surface area (Å²) in [5, 5.41) is 13.4. The minimum Gasteiger partial charge on any atom is -0.325 e. The topological polar surface area (TPSA) is 72.2 Å². The van der Waals surface area contributed by atoms with E-state index >= 15 is 0 Å². The van der Waals surface area contributed by atoms with E-state index in [1.165, 1.54) is 30.0 Å². The fraction of sp³-hybridized carbons (Fsp3) is 0.235. The van der Waals surface area contributed by atoms with Gasteiger partial charge in [-0.3, -0.25) is 14.9 Å². The molecule has 0 aliphatic carbocycles. The summed E-state index contributed by atoms with van der Waals surface area (Å²) < 4.78 is 13.5. The van der Waals surface area contributed by atoms with Gasteiger partial charge in [0, 0.05) is 23.1 Å². The van der Waals surface area contributed by atoms with Crippen LogP contribution in [0.2, 0.25) is 0 Å². The third-order valence-electron chi connectivity index (χ3n) is 3.47. The molecule has 2 aromatic carbocycles. The van der Waals surface area contributed by atoms with Crippen LogP contribution in [0.25, 0.3) is 0 Å². The predicted octanol–water partition coefficient (Wildman–Crippen LogP) is 4.48. The molecule has 0 spiro atoms. The molecule has 1 amide bonds. The number of nitrogens with one attached hydrogen (secondary N) is 1. The monoisotopic (exact) mass is 348 g/mol. The van der Waals surface area contributed by atoms with Gasteiger partial charge in [-0.05, 0) is 37.1 Å². The number of carbonyl (C=O) groups excluding carboxylic acids is 1. The Hall–Kier alpha value is -2.41. The number of rotatable bonds is 6. The summed E-state index contributed by atoms with van der Waals surface area (Å²) in [6.45, 7) is 3.53. The van der Waals surface area contributed by atoms with Gasteiger partial charge in [-0.15, -0.1) is 11.8 Å². The molecule has 0 aliphatic rings. The first-order chi connectivity index (χ1) is 11.4. The normalized spacial score (nSPS) is 11.8. The number of carbonyl (C=O) groups is 1. The SMILES string of the molecule is Cc1ccc(NC(=O)CS[C@H](C)c2cccc([N+](=O)[O-])c2)cc1F. The zero-order valence-corrected chi connectivity index (χ0v) is 14.1. The third-order valence-corrected chi connectivity index (χ3v) is 4.67. The number of anilines is 1. The summed E-state index contributed by atoms with van der Waals surface area (Å²) >= 11 is 1.36. The second-order valence-electron chi connectivity index (χ2n) is 5.32. The average molecular weight is 348 g/mol. The van der Waals surface area contributed by atoms with E-state index in [0.717, 1.165) is 5.56 Å². The first-order valence-electron chi connectivity index (χ1n) is 7.29. The quantitative estimate of drug-likeness (QED) is 0.617. The molecule has 1 N–H and O–H groups in total. The van der Waals surface area contributed by atoms with E-state index in [-0.39, 0.29) is 28.4 Å². The summed E-state index contributed by atoms with van der Waals surface area (Å²) in [6.07, 6.45) is 0. The standard InChI is InChI=1S/C17H17FN2O3S/c1-11-6-7-14(9-16(11)18)19-17(21)10-24-12(2)13-4-3-5-15(8-13)20(22)23/h3-9,12H,10H2,1-2H3,(H,19,21)/t12-/m1/s1. The Balaban J connectivity index is 1.92. The molecule has 0 saturated carbocycles. The molecule has 0 aromatic heterocycles. The van der Waals surface area contributed by atoms with Gasteiger partial charge in [0.15, 0.2) is 0 Å². The predicted molar refractivity (Wildman–Crippen MR) is 93.7 cm³/mol. The molecular formula is C17H17FN2O3S. The van der Waals surface area contributed by atoms with Gasteiger partial charge in [0.25, 0.3) is 5.69 Å². The van der Waals surface area contributed by atoms with Gasteiger partial charge in [-0.25, -0.2) is 4.39 Å². The Morgan fingerprint density at radius 3 is 2.75 bits per heavy atom. The van der Waals surface area contributed by atoms with E-state index in [1.54, 1.807) is 31.2 Å². The van der Waals surface area contributed by atoms with E-state index < -0.39 is 4.92 Å². The fourth-order valence-electron chi connectivity index (χ4n) is 2.06. The zero-order chi connectivity index (χ0) is 17.7. The van der Waals surface area contributed by atoms with Gasteiger partial charge in [0.2, 0.25) is 5.91 Å². The Morgan fingerprint density at radius 2 is 2.08 bits per heavy atom. The van der Waals surface area contributed by atoms with E-state index in [4.69, 9.17) is 0 Å². The van der Waals surface area contributed by atoms with Gasteiger partial charge >= 0.3 is 0 Å². The molecule has 5 nitrogen and oxygen atoms in total. The lowest BCUT2D eigenvalue weighted by atomic mass is 10.1. The first kappa shape index (κ1) is 17.9. The number of hydrogen-bond donors (Lipinski definition) is 1. The molecule has 0 heterocycles. The van der Waals surface area contributed by atoms with Crippen LogP contribution < -0.4 is 5.32 Å². The highest BCUT2D eigenvalue weighted by Crippen LogP contribution is 2.30. The van der Waals surface area contributed by atoms with Crippen molar-refractivity contribution in [3.05, 3.63) is 69.5 Å². The van der Waals surface area contributed by atoms with Crippen LogP contribution in [0, 0.1) is 22.9 Å².